The molecule has 3 heterocycles. The smallest absolute Gasteiger partial charge is 0.248 e. The quantitative estimate of drug-likeness (QED) is 0.758. The molecular weight excluding hydrogens is 330 g/mol. The van der Waals surface area contributed by atoms with Crippen LogP contribution in [0.15, 0.2) is 52.8 Å². The number of pyridine rings is 1. The van der Waals surface area contributed by atoms with Crippen molar-refractivity contribution >= 4 is 17.0 Å². The van der Waals surface area contributed by atoms with E-state index in [9.17, 15) is 4.79 Å². The van der Waals surface area contributed by atoms with Crippen LogP contribution in [0.4, 0.5) is 5.69 Å². The van der Waals surface area contributed by atoms with Crippen LogP contribution in [0.5, 0.6) is 0 Å². The van der Waals surface area contributed by atoms with Gasteiger partial charge >= 0.3 is 0 Å². The molecule has 2 aromatic heterocycles. The third kappa shape index (κ3) is 3.12. The summed E-state index contributed by atoms with van der Waals surface area (Å²) < 4.78 is 0. The molecule has 25 heavy (non-hydrogen) atoms. The van der Waals surface area contributed by atoms with E-state index in [1.807, 2.05) is 17.6 Å². The van der Waals surface area contributed by atoms with Gasteiger partial charge < -0.3 is 9.88 Å². The molecule has 1 aromatic carbocycles. The molecule has 0 bridgehead atoms. The van der Waals surface area contributed by atoms with Crippen molar-refractivity contribution in [3.05, 3.63) is 68.9 Å². The number of aromatic amines is 1. The number of H-pyrrole nitrogens is 1. The number of nitrogens with one attached hydrogen (secondary N) is 1. The molecule has 3 aromatic rings. The monoisotopic (exact) mass is 351 g/mol. The first-order chi connectivity index (χ1) is 12.3. The maximum absolute atomic E-state index is 11.7. The van der Waals surface area contributed by atoms with Crippen molar-refractivity contribution in [3.8, 4) is 11.3 Å². The molecule has 1 unspecified atom stereocenters. The van der Waals surface area contributed by atoms with Crippen LogP contribution in [0.1, 0.15) is 36.4 Å². The zero-order valence-corrected chi connectivity index (χ0v) is 15.1. The lowest BCUT2D eigenvalue weighted by Crippen LogP contribution is -2.22. The number of hydrogen-bond donors (Lipinski definition) is 1. The van der Waals surface area contributed by atoms with Gasteiger partial charge in [-0.2, -0.15) is 0 Å². The van der Waals surface area contributed by atoms with E-state index in [2.05, 4.69) is 46.1 Å². The Morgan fingerprint density at radius 3 is 2.80 bits per heavy atom. The Kier molecular flexibility index (Phi) is 4.40. The van der Waals surface area contributed by atoms with E-state index < -0.39 is 0 Å². The lowest BCUT2D eigenvalue weighted by Gasteiger charge is -2.25. The van der Waals surface area contributed by atoms with Gasteiger partial charge in [-0.15, -0.1) is 11.3 Å². The number of nitrogens with zero attached hydrogens (tertiary/aromatic N) is 2. The zero-order chi connectivity index (χ0) is 17.2. The summed E-state index contributed by atoms with van der Waals surface area (Å²) in [6, 6.07) is 12.4. The molecular formula is C20H21N3OS. The fraction of sp³-hybridized carbons (Fsp3) is 0.300. The number of anilines is 1. The van der Waals surface area contributed by atoms with Crippen molar-refractivity contribution in [1.29, 1.82) is 0 Å². The van der Waals surface area contributed by atoms with Gasteiger partial charge in [0.2, 0.25) is 5.56 Å². The topological polar surface area (TPSA) is 49.0 Å². The van der Waals surface area contributed by atoms with Gasteiger partial charge in [-0.3, -0.25) is 4.79 Å². The summed E-state index contributed by atoms with van der Waals surface area (Å²) >= 11 is 1.73. The zero-order valence-electron chi connectivity index (χ0n) is 14.2. The molecule has 1 N–H and O–H groups in total. The maximum atomic E-state index is 11.7. The Bertz CT molecular complexity index is 899. The molecule has 128 valence electrons. The van der Waals surface area contributed by atoms with Gasteiger partial charge in [-0.1, -0.05) is 25.1 Å². The second kappa shape index (κ2) is 6.84. The van der Waals surface area contributed by atoms with Crippen molar-refractivity contribution in [2.24, 2.45) is 0 Å². The van der Waals surface area contributed by atoms with E-state index >= 15 is 0 Å². The second-order valence-corrected chi connectivity index (χ2v) is 7.27. The summed E-state index contributed by atoms with van der Waals surface area (Å²) in [5.74, 6) is 0. The highest BCUT2D eigenvalue weighted by molar-refractivity contribution is 7.09. The first-order valence-corrected chi connectivity index (χ1v) is 9.63. The highest BCUT2D eigenvalue weighted by Crippen LogP contribution is 2.37. The van der Waals surface area contributed by atoms with Crippen LogP contribution < -0.4 is 10.5 Å². The van der Waals surface area contributed by atoms with Crippen LogP contribution in [0.3, 0.4) is 0 Å². The molecule has 4 nitrogen and oxygen atoms in total. The molecule has 0 spiro atoms. The van der Waals surface area contributed by atoms with Crippen molar-refractivity contribution in [1.82, 2.24) is 9.97 Å². The molecule has 0 amide bonds. The lowest BCUT2D eigenvalue weighted by molar-refractivity contribution is 0.713. The Morgan fingerprint density at radius 2 is 2.08 bits per heavy atom. The SMILES string of the molecule is CCc1ccc(=O)[nH]c1-c1ccc(N2CCCC2c2nccs2)cc1. The minimum atomic E-state index is -0.0559. The summed E-state index contributed by atoms with van der Waals surface area (Å²) in [5, 5.41) is 3.25. The highest BCUT2D eigenvalue weighted by Gasteiger charge is 2.28. The molecule has 0 saturated carbocycles. The molecule has 0 aliphatic carbocycles. The van der Waals surface area contributed by atoms with E-state index in [1.54, 1.807) is 17.4 Å². The summed E-state index contributed by atoms with van der Waals surface area (Å²) in [4.78, 5) is 21.6. The van der Waals surface area contributed by atoms with Gasteiger partial charge in [0.15, 0.2) is 0 Å². The Hall–Kier alpha value is -2.40. The summed E-state index contributed by atoms with van der Waals surface area (Å²) in [5.41, 5.74) is 4.31. The molecule has 1 atom stereocenters. The average Bonchev–Trinajstić information content (AvgIpc) is 3.33. The largest absolute Gasteiger partial charge is 0.362 e. The predicted octanol–water partition coefficient (Wildman–Crippen LogP) is 4.40. The normalized spacial score (nSPS) is 17.2. The highest BCUT2D eigenvalue weighted by atomic mass is 32.1. The van der Waals surface area contributed by atoms with Gasteiger partial charge in [0.25, 0.3) is 0 Å². The molecule has 0 radical (unpaired) electrons. The van der Waals surface area contributed by atoms with E-state index in [0.29, 0.717) is 6.04 Å². The van der Waals surface area contributed by atoms with Gasteiger partial charge in [-0.05, 0) is 42.5 Å². The number of benzene rings is 1. The van der Waals surface area contributed by atoms with Crippen LogP contribution in [-0.4, -0.2) is 16.5 Å². The van der Waals surface area contributed by atoms with Gasteiger partial charge in [0, 0.05) is 29.9 Å². The predicted molar refractivity (Wildman–Crippen MR) is 103 cm³/mol. The summed E-state index contributed by atoms with van der Waals surface area (Å²) in [7, 11) is 0. The summed E-state index contributed by atoms with van der Waals surface area (Å²) in [6.07, 6.45) is 5.13. The van der Waals surface area contributed by atoms with Gasteiger partial charge in [0.1, 0.15) is 5.01 Å². The number of aromatic nitrogens is 2. The van der Waals surface area contributed by atoms with E-state index in [1.165, 1.54) is 17.1 Å². The average molecular weight is 351 g/mol. The fourth-order valence-electron chi connectivity index (χ4n) is 3.61. The van der Waals surface area contributed by atoms with Gasteiger partial charge in [-0.25, -0.2) is 4.98 Å². The van der Waals surface area contributed by atoms with Crippen molar-refractivity contribution in [3.63, 3.8) is 0 Å². The van der Waals surface area contributed by atoms with Crippen LogP contribution in [0.2, 0.25) is 0 Å². The third-order valence-electron chi connectivity index (χ3n) is 4.86. The fourth-order valence-corrected chi connectivity index (χ4v) is 4.39. The van der Waals surface area contributed by atoms with Crippen molar-refractivity contribution in [2.45, 2.75) is 32.2 Å². The van der Waals surface area contributed by atoms with Crippen LogP contribution in [0, 0.1) is 0 Å². The first-order valence-electron chi connectivity index (χ1n) is 8.75. The number of rotatable bonds is 4. The minimum Gasteiger partial charge on any atom is -0.362 e. The maximum Gasteiger partial charge on any atom is 0.248 e. The molecule has 1 fully saturated rings. The second-order valence-electron chi connectivity index (χ2n) is 6.35. The molecule has 1 aliphatic rings. The van der Waals surface area contributed by atoms with E-state index in [-0.39, 0.29) is 5.56 Å². The van der Waals surface area contributed by atoms with Crippen LogP contribution in [-0.2, 0) is 6.42 Å². The molecule has 1 aliphatic heterocycles. The number of hydrogen-bond acceptors (Lipinski definition) is 4. The lowest BCUT2D eigenvalue weighted by atomic mass is 10.0. The van der Waals surface area contributed by atoms with E-state index in [0.717, 1.165) is 36.2 Å². The molecule has 4 rings (SSSR count). The standard InChI is InChI=1S/C20H21N3OS/c1-2-14-7-10-18(24)22-19(14)15-5-8-16(9-6-15)23-12-3-4-17(23)20-21-11-13-25-20/h5-11,13,17H,2-4,12H2,1H3,(H,22,24). The van der Waals surface area contributed by atoms with Gasteiger partial charge in [0.05, 0.1) is 11.7 Å². The van der Waals surface area contributed by atoms with E-state index in [4.69, 9.17) is 0 Å². The number of aryl methyl sites for hydroxylation is 1. The minimum absolute atomic E-state index is 0.0559. The molecule has 1 saturated heterocycles. The summed E-state index contributed by atoms with van der Waals surface area (Å²) in [6.45, 7) is 3.17. The first kappa shape index (κ1) is 16.1. The Balaban J connectivity index is 1.64. The Morgan fingerprint density at radius 1 is 1.24 bits per heavy atom. The van der Waals surface area contributed by atoms with Crippen molar-refractivity contribution < 1.29 is 0 Å². The number of thiazole rings is 1. The van der Waals surface area contributed by atoms with Crippen LogP contribution in [0.25, 0.3) is 11.3 Å². The Labute approximate surface area is 151 Å². The third-order valence-corrected chi connectivity index (χ3v) is 5.74. The van der Waals surface area contributed by atoms with Crippen molar-refractivity contribution in [2.75, 3.05) is 11.4 Å². The van der Waals surface area contributed by atoms with Crippen LogP contribution >= 0.6 is 11.3 Å². The molecule has 5 heteroatoms.